The molecule has 0 saturated carbocycles. The number of H-pyrrole nitrogens is 1. The molecule has 3 heteroatoms. The predicted octanol–water partition coefficient (Wildman–Crippen LogP) is 1.25. The molecule has 0 spiro atoms. The lowest BCUT2D eigenvalue weighted by Gasteiger charge is -1.99. The summed E-state index contributed by atoms with van der Waals surface area (Å²) in [4.78, 5) is 0. The highest BCUT2D eigenvalue weighted by Crippen LogP contribution is 2.03. The largest absolute Gasteiger partial charge is 0.328 e. The Hall–Kier alpha value is -0.830. The summed E-state index contributed by atoms with van der Waals surface area (Å²) in [5, 5.41) is 7.17. The van der Waals surface area contributed by atoms with Gasteiger partial charge < -0.3 is 5.73 Å². The molecule has 0 fully saturated rings. The van der Waals surface area contributed by atoms with E-state index >= 15 is 0 Å². The summed E-state index contributed by atoms with van der Waals surface area (Å²) in [6, 6.07) is 2.31. The minimum Gasteiger partial charge on any atom is -0.328 e. The number of aromatic nitrogens is 2. The van der Waals surface area contributed by atoms with Crippen molar-refractivity contribution in [3.63, 3.8) is 0 Å². The van der Waals surface area contributed by atoms with E-state index in [1.807, 2.05) is 6.92 Å². The first-order valence-electron chi connectivity index (χ1n) is 4.51. The normalized spacial score (nSPS) is 13.2. The van der Waals surface area contributed by atoms with E-state index in [0.29, 0.717) is 0 Å². The second-order valence-corrected chi connectivity index (χ2v) is 3.32. The lowest BCUT2D eigenvalue weighted by Crippen LogP contribution is -2.17. The number of nitrogens with two attached hydrogens (primary N) is 1. The Bertz CT molecular complexity index is 227. The summed E-state index contributed by atoms with van der Waals surface area (Å²) in [5.41, 5.74) is 7.95. The van der Waals surface area contributed by atoms with Gasteiger partial charge in [0.05, 0.1) is 5.69 Å². The molecule has 1 heterocycles. The molecule has 12 heavy (non-hydrogen) atoms. The van der Waals surface area contributed by atoms with Crippen LogP contribution in [-0.2, 0) is 12.8 Å². The average Bonchev–Trinajstić information content (AvgIpc) is 2.36. The molecule has 0 aromatic carbocycles. The average molecular weight is 167 g/mol. The van der Waals surface area contributed by atoms with Gasteiger partial charge >= 0.3 is 0 Å². The maximum atomic E-state index is 5.66. The van der Waals surface area contributed by atoms with Gasteiger partial charge in [-0.1, -0.05) is 13.3 Å². The van der Waals surface area contributed by atoms with Crippen molar-refractivity contribution in [1.29, 1.82) is 0 Å². The van der Waals surface area contributed by atoms with Gasteiger partial charge in [0, 0.05) is 18.2 Å². The van der Waals surface area contributed by atoms with Crippen LogP contribution in [0.4, 0.5) is 0 Å². The minimum absolute atomic E-state index is 0.208. The molecule has 0 amide bonds. The molecule has 1 atom stereocenters. The summed E-state index contributed by atoms with van der Waals surface area (Å²) in [6.45, 7) is 4.15. The predicted molar refractivity (Wildman–Crippen MR) is 49.9 cm³/mol. The van der Waals surface area contributed by atoms with Crippen molar-refractivity contribution in [2.45, 2.75) is 39.2 Å². The van der Waals surface area contributed by atoms with Crippen LogP contribution >= 0.6 is 0 Å². The van der Waals surface area contributed by atoms with Crippen molar-refractivity contribution in [1.82, 2.24) is 10.2 Å². The minimum atomic E-state index is 0.208. The fraction of sp³-hybridized carbons (Fsp3) is 0.667. The number of rotatable bonds is 4. The smallest absolute Gasteiger partial charge is 0.0624 e. The molecule has 3 nitrogen and oxygen atoms in total. The van der Waals surface area contributed by atoms with E-state index < -0.39 is 0 Å². The zero-order chi connectivity index (χ0) is 8.97. The summed E-state index contributed by atoms with van der Waals surface area (Å²) < 4.78 is 0. The van der Waals surface area contributed by atoms with Crippen LogP contribution in [0.1, 0.15) is 31.7 Å². The molecule has 0 aliphatic heterocycles. The van der Waals surface area contributed by atoms with Gasteiger partial charge in [0.25, 0.3) is 0 Å². The van der Waals surface area contributed by atoms with Crippen molar-refractivity contribution in [3.8, 4) is 0 Å². The summed E-state index contributed by atoms with van der Waals surface area (Å²) >= 11 is 0. The van der Waals surface area contributed by atoms with Crippen molar-refractivity contribution < 1.29 is 0 Å². The fourth-order valence-electron chi connectivity index (χ4n) is 1.24. The van der Waals surface area contributed by atoms with E-state index in [1.165, 1.54) is 0 Å². The van der Waals surface area contributed by atoms with E-state index in [-0.39, 0.29) is 6.04 Å². The van der Waals surface area contributed by atoms with Gasteiger partial charge in [-0.25, -0.2) is 0 Å². The maximum absolute atomic E-state index is 5.66. The number of nitrogens with zero attached hydrogens (tertiary/aromatic N) is 1. The maximum Gasteiger partial charge on any atom is 0.0624 e. The second kappa shape index (κ2) is 4.26. The topological polar surface area (TPSA) is 54.7 Å². The summed E-state index contributed by atoms with van der Waals surface area (Å²) in [6.07, 6.45) is 3.08. The zero-order valence-electron chi connectivity index (χ0n) is 7.80. The van der Waals surface area contributed by atoms with Crippen LogP contribution in [0.3, 0.4) is 0 Å². The monoisotopic (exact) mass is 167 g/mol. The molecule has 3 N–H and O–H groups in total. The van der Waals surface area contributed by atoms with E-state index in [4.69, 9.17) is 5.73 Å². The number of nitrogens with one attached hydrogen (secondary N) is 1. The lowest BCUT2D eigenvalue weighted by molar-refractivity contribution is 0.718. The van der Waals surface area contributed by atoms with Gasteiger partial charge in [-0.15, -0.1) is 0 Å². The van der Waals surface area contributed by atoms with Crippen LogP contribution in [0.5, 0.6) is 0 Å². The Morgan fingerprint density at radius 3 is 3.00 bits per heavy atom. The number of aryl methyl sites for hydroxylation is 1. The standard InChI is InChI=1S/C9H17N3/c1-3-4-8-6-9(12-11-8)5-7(2)10/h6-7H,3-5,10H2,1-2H3,(H,11,12). The van der Waals surface area contributed by atoms with Crippen LogP contribution in [0.25, 0.3) is 0 Å². The molecular formula is C9H17N3. The van der Waals surface area contributed by atoms with Gasteiger partial charge in [0.15, 0.2) is 0 Å². The highest BCUT2D eigenvalue weighted by Gasteiger charge is 2.01. The van der Waals surface area contributed by atoms with Crippen LogP contribution < -0.4 is 5.73 Å². The molecular weight excluding hydrogens is 150 g/mol. The molecule has 68 valence electrons. The molecule has 1 rings (SSSR count). The van der Waals surface area contributed by atoms with Gasteiger partial charge in [-0.05, 0) is 19.4 Å². The highest BCUT2D eigenvalue weighted by molar-refractivity contribution is 5.09. The molecule has 0 bridgehead atoms. The number of hydrogen-bond acceptors (Lipinski definition) is 2. The zero-order valence-corrected chi connectivity index (χ0v) is 7.80. The van der Waals surface area contributed by atoms with Crippen LogP contribution in [0.2, 0.25) is 0 Å². The quantitative estimate of drug-likeness (QED) is 0.709. The Morgan fingerprint density at radius 1 is 1.67 bits per heavy atom. The third-order valence-electron chi connectivity index (χ3n) is 1.73. The van der Waals surface area contributed by atoms with E-state index in [2.05, 4.69) is 23.2 Å². The molecule has 1 aromatic heterocycles. The fourth-order valence-corrected chi connectivity index (χ4v) is 1.24. The van der Waals surface area contributed by atoms with Crippen LogP contribution in [0.15, 0.2) is 6.07 Å². The Morgan fingerprint density at radius 2 is 2.42 bits per heavy atom. The van der Waals surface area contributed by atoms with Gasteiger partial charge in [-0.3, -0.25) is 5.10 Å². The van der Waals surface area contributed by atoms with Crippen molar-refractivity contribution in [2.24, 2.45) is 5.73 Å². The Labute approximate surface area is 73.4 Å². The number of aromatic amines is 1. The molecule has 1 unspecified atom stereocenters. The van der Waals surface area contributed by atoms with Gasteiger partial charge in [0.1, 0.15) is 0 Å². The van der Waals surface area contributed by atoms with Crippen molar-refractivity contribution >= 4 is 0 Å². The summed E-state index contributed by atoms with van der Waals surface area (Å²) in [5.74, 6) is 0. The van der Waals surface area contributed by atoms with Crippen molar-refractivity contribution in [3.05, 3.63) is 17.5 Å². The first kappa shape index (κ1) is 9.26. The Balaban J connectivity index is 2.52. The van der Waals surface area contributed by atoms with Crippen molar-refractivity contribution in [2.75, 3.05) is 0 Å². The van der Waals surface area contributed by atoms with Gasteiger partial charge in [-0.2, -0.15) is 5.10 Å². The highest BCUT2D eigenvalue weighted by atomic mass is 15.1. The van der Waals surface area contributed by atoms with E-state index in [0.717, 1.165) is 30.7 Å². The van der Waals surface area contributed by atoms with E-state index in [9.17, 15) is 0 Å². The first-order valence-corrected chi connectivity index (χ1v) is 4.51. The van der Waals surface area contributed by atoms with Crippen LogP contribution in [-0.4, -0.2) is 16.2 Å². The molecule has 0 radical (unpaired) electrons. The molecule has 0 aliphatic rings. The number of hydrogen-bond donors (Lipinski definition) is 2. The van der Waals surface area contributed by atoms with Crippen LogP contribution in [0, 0.1) is 0 Å². The first-order chi connectivity index (χ1) is 5.72. The molecule has 0 aliphatic carbocycles. The molecule has 1 aromatic rings. The summed E-state index contributed by atoms with van der Waals surface area (Å²) in [7, 11) is 0. The SMILES string of the molecule is CCCc1cc(CC(C)N)[nH]n1. The van der Waals surface area contributed by atoms with Gasteiger partial charge in [0.2, 0.25) is 0 Å². The lowest BCUT2D eigenvalue weighted by atomic mass is 10.1. The molecule has 0 saturated heterocycles. The third-order valence-corrected chi connectivity index (χ3v) is 1.73. The third kappa shape index (κ3) is 2.66. The Kier molecular flexibility index (Phi) is 3.29. The van der Waals surface area contributed by atoms with E-state index in [1.54, 1.807) is 0 Å². The second-order valence-electron chi connectivity index (χ2n) is 3.32.